The van der Waals surface area contributed by atoms with Gasteiger partial charge < -0.3 is 14.7 Å². The number of hydrogen-bond acceptors (Lipinski definition) is 5. The summed E-state index contributed by atoms with van der Waals surface area (Å²) < 4.78 is 77.7. The Morgan fingerprint density at radius 3 is 2.47 bits per heavy atom. The normalized spacial score (nSPS) is 21.1. The molecule has 2 aromatic rings. The monoisotopic (exact) mass is 435 g/mol. The molecule has 12 heteroatoms. The van der Waals surface area contributed by atoms with Crippen molar-refractivity contribution in [3.05, 3.63) is 32.2 Å². The highest BCUT2D eigenvalue weighted by molar-refractivity contribution is 5.94. The molecule has 1 saturated heterocycles. The third kappa shape index (κ3) is 2.96. The van der Waals surface area contributed by atoms with Crippen molar-refractivity contribution in [2.45, 2.75) is 31.2 Å². The second-order valence-electron chi connectivity index (χ2n) is 7.52. The number of H-pyrrole nitrogens is 1. The SMILES string of the molecule is COc1c(N2CC(CO)C(F)(F)C2)c(F)c(C(F)F)c2c(=O)[nH]c(=O)n(C3CC3)c12. The summed E-state index contributed by atoms with van der Waals surface area (Å²) in [4.78, 5) is 27.5. The van der Waals surface area contributed by atoms with Gasteiger partial charge in [0.25, 0.3) is 17.9 Å². The number of anilines is 1. The fourth-order valence-electron chi connectivity index (χ4n) is 4.04. The van der Waals surface area contributed by atoms with Gasteiger partial charge in [-0.15, -0.1) is 0 Å². The molecule has 0 amide bonds. The number of aromatic nitrogens is 2. The van der Waals surface area contributed by atoms with E-state index in [1.807, 2.05) is 4.98 Å². The molecule has 4 rings (SSSR count). The molecule has 1 aromatic heterocycles. The molecular formula is C18H18F5N3O4. The molecule has 0 bridgehead atoms. The molecule has 1 aliphatic carbocycles. The number of hydrogen-bond donors (Lipinski definition) is 2. The van der Waals surface area contributed by atoms with Gasteiger partial charge in [0, 0.05) is 12.6 Å². The van der Waals surface area contributed by atoms with Gasteiger partial charge in [-0.2, -0.15) is 0 Å². The highest BCUT2D eigenvalue weighted by Gasteiger charge is 2.49. The quantitative estimate of drug-likeness (QED) is 0.703. The molecule has 2 aliphatic rings. The Labute approximate surface area is 165 Å². The molecule has 1 atom stereocenters. The van der Waals surface area contributed by atoms with Crippen molar-refractivity contribution in [2.24, 2.45) is 5.92 Å². The molecule has 164 valence electrons. The van der Waals surface area contributed by atoms with Crippen LogP contribution >= 0.6 is 0 Å². The predicted octanol–water partition coefficient (Wildman–Crippen LogP) is 2.17. The van der Waals surface area contributed by atoms with Gasteiger partial charge in [0.1, 0.15) is 11.2 Å². The largest absolute Gasteiger partial charge is 0.492 e. The van der Waals surface area contributed by atoms with Crippen molar-refractivity contribution in [1.29, 1.82) is 0 Å². The lowest BCUT2D eigenvalue weighted by atomic mass is 10.0. The Balaban J connectivity index is 2.12. The summed E-state index contributed by atoms with van der Waals surface area (Å²) in [6.45, 7) is -2.46. The van der Waals surface area contributed by atoms with Crippen LogP contribution in [0.4, 0.5) is 27.6 Å². The first-order chi connectivity index (χ1) is 14.1. The maximum atomic E-state index is 15.3. The summed E-state index contributed by atoms with van der Waals surface area (Å²) in [6, 6.07) is -0.417. The number of benzene rings is 1. The zero-order valence-electron chi connectivity index (χ0n) is 15.7. The molecule has 1 saturated carbocycles. The smallest absolute Gasteiger partial charge is 0.329 e. The summed E-state index contributed by atoms with van der Waals surface area (Å²) in [5, 5.41) is 8.48. The maximum Gasteiger partial charge on any atom is 0.329 e. The van der Waals surface area contributed by atoms with Crippen LogP contribution in [0.1, 0.15) is 30.9 Å². The molecule has 0 spiro atoms. The molecule has 30 heavy (non-hydrogen) atoms. The van der Waals surface area contributed by atoms with Crippen LogP contribution in [-0.4, -0.2) is 47.4 Å². The van der Waals surface area contributed by atoms with E-state index in [9.17, 15) is 32.3 Å². The standard InChI is InChI=1S/C18H18F5N3O4/c1-30-14-12-10(16(28)24-17(29)26(12)8-2-3-8)9(15(20)21)11(19)13(14)25-4-7(5-27)18(22,23)6-25/h7-8,15,27H,2-6H2,1H3,(H,24,28,29). The van der Waals surface area contributed by atoms with Gasteiger partial charge in [-0.25, -0.2) is 26.7 Å². The molecule has 1 aromatic carbocycles. The Morgan fingerprint density at radius 2 is 1.97 bits per heavy atom. The van der Waals surface area contributed by atoms with E-state index < -0.39 is 83.5 Å². The number of aliphatic hydroxyl groups excluding tert-OH is 1. The van der Waals surface area contributed by atoms with Crippen LogP contribution in [-0.2, 0) is 0 Å². The third-order valence-electron chi connectivity index (χ3n) is 5.60. The highest BCUT2D eigenvalue weighted by atomic mass is 19.3. The molecular weight excluding hydrogens is 417 g/mol. The molecule has 1 aliphatic heterocycles. The van der Waals surface area contributed by atoms with Crippen LogP contribution < -0.4 is 20.9 Å². The van der Waals surface area contributed by atoms with Gasteiger partial charge in [0.15, 0.2) is 11.6 Å². The molecule has 2 heterocycles. The van der Waals surface area contributed by atoms with E-state index in [0.29, 0.717) is 12.8 Å². The first kappa shape index (κ1) is 20.6. The average molecular weight is 435 g/mol. The van der Waals surface area contributed by atoms with Crippen molar-refractivity contribution in [3.8, 4) is 5.75 Å². The number of methoxy groups -OCH3 is 1. The third-order valence-corrected chi connectivity index (χ3v) is 5.60. The van der Waals surface area contributed by atoms with E-state index in [2.05, 4.69) is 0 Å². The van der Waals surface area contributed by atoms with Crippen LogP contribution in [0.3, 0.4) is 0 Å². The number of aromatic amines is 1. The zero-order chi connectivity index (χ0) is 22.0. The van der Waals surface area contributed by atoms with Crippen molar-refractivity contribution < 1.29 is 31.8 Å². The summed E-state index contributed by atoms with van der Waals surface area (Å²) in [5.41, 5.74) is -4.42. The number of fused-ring (bicyclic) bond motifs is 1. The number of nitrogens with one attached hydrogen (secondary N) is 1. The Kier molecular flexibility index (Phi) is 4.79. The lowest BCUT2D eigenvalue weighted by Gasteiger charge is -2.25. The minimum absolute atomic E-state index is 0.351. The highest BCUT2D eigenvalue weighted by Crippen LogP contribution is 2.48. The zero-order valence-corrected chi connectivity index (χ0v) is 15.7. The van der Waals surface area contributed by atoms with Crippen molar-refractivity contribution in [2.75, 3.05) is 31.7 Å². The van der Waals surface area contributed by atoms with Gasteiger partial charge >= 0.3 is 5.69 Å². The molecule has 2 fully saturated rings. The lowest BCUT2D eigenvalue weighted by molar-refractivity contribution is -0.0391. The topological polar surface area (TPSA) is 87.6 Å². The Hall–Kier alpha value is -2.63. The first-order valence-corrected chi connectivity index (χ1v) is 9.22. The van der Waals surface area contributed by atoms with Gasteiger partial charge in [-0.05, 0) is 12.8 Å². The van der Waals surface area contributed by atoms with Gasteiger partial charge in [-0.1, -0.05) is 0 Å². The Morgan fingerprint density at radius 1 is 1.30 bits per heavy atom. The van der Waals surface area contributed by atoms with E-state index in [1.54, 1.807) is 0 Å². The number of ether oxygens (including phenoxy) is 1. The van der Waals surface area contributed by atoms with E-state index in [-0.39, 0.29) is 5.52 Å². The van der Waals surface area contributed by atoms with Crippen LogP contribution in [0.25, 0.3) is 10.9 Å². The predicted molar refractivity (Wildman–Crippen MR) is 96.3 cm³/mol. The summed E-state index contributed by atoms with van der Waals surface area (Å²) in [5.74, 6) is -6.97. The van der Waals surface area contributed by atoms with E-state index in [4.69, 9.17) is 4.74 Å². The molecule has 1 unspecified atom stereocenters. The summed E-state index contributed by atoms with van der Waals surface area (Å²) in [7, 11) is 1.07. The fraction of sp³-hybridized carbons (Fsp3) is 0.556. The van der Waals surface area contributed by atoms with Crippen LogP contribution in [0.2, 0.25) is 0 Å². The van der Waals surface area contributed by atoms with Crippen molar-refractivity contribution in [3.63, 3.8) is 0 Å². The van der Waals surface area contributed by atoms with Crippen LogP contribution in [0, 0.1) is 11.7 Å². The Bertz CT molecular complexity index is 1130. The van der Waals surface area contributed by atoms with E-state index in [1.165, 1.54) is 0 Å². The number of nitrogens with zero attached hydrogens (tertiary/aromatic N) is 2. The first-order valence-electron chi connectivity index (χ1n) is 9.22. The maximum absolute atomic E-state index is 15.3. The van der Waals surface area contributed by atoms with Crippen LogP contribution in [0.15, 0.2) is 9.59 Å². The fourth-order valence-corrected chi connectivity index (χ4v) is 4.04. The summed E-state index contributed by atoms with van der Waals surface area (Å²) >= 11 is 0. The van der Waals surface area contributed by atoms with Crippen molar-refractivity contribution >= 4 is 16.6 Å². The van der Waals surface area contributed by atoms with Gasteiger partial charge in [-0.3, -0.25) is 14.3 Å². The second kappa shape index (κ2) is 6.96. The second-order valence-corrected chi connectivity index (χ2v) is 7.52. The molecule has 7 nitrogen and oxygen atoms in total. The lowest BCUT2D eigenvalue weighted by Crippen LogP contribution is -2.32. The number of aliphatic hydroxyl groups is 1. The van der Waals surface area contributed by atoms with Gasteiger partial charge in [0.2, 0.25) is 0 Å². The van der Waals surface area contributed by atoms with Gasteiger partial charge in [0.05, 0.1) is 37.1 Å². The van der Waals surface area contributed by atoms with Crippen molar-refractivity contribution in [1.82, 2.24) is 9.55 Å². The minimum Gasteiger partial charge on any atom is -0.492 e. The van der Waals surface area contributed by atoms with Crippen LogP contribution in [0.5, 0.6) is 5.75 Å². The molecule has 0 radical (unpaired) electrons. The summed E-state index contributed by atoms with van der Waals surface area (Å²) in [6.07, 6.45) is -2.41. The van der Waals surface area contributed by atoms with E-state index in [0.717, 1.165) is 16.6 Å². The minimum atomic E-state index is -3.46. The molecule has 2 N–H and O–H groups in total. The average Bonchev–Trinajstić information content (AvgIpc) is 3.44. The number of halogens is 5. The number of rotatable bonds is 5. The number of alkyl halides is 4. The van der Waals surface area contributed by atoms with E-state index >= 15 is 4.39 Å².